The van der Waals surface area contributed by atoms with Crippen molar-refractivity contribution in [3.63, 3.8) is 0 Å². The summed E-state index contributed by atoms with van der Waals surface area (Å²) in [7, 11) is -4.85. The quantitative estimate of drug-likeness (QED) is 0.214. The highest BCUT2D eigenvalue weighted by molar-refractivity contribution is 7.89. The minimum Gasteiger partial charge on any atom is -0.497 e. The molecule has 0 saturated carbocycles. The molecule has 0 saturated heterocycles. The van der Waals surface area contributed by atoms with E-state index in [4.69, 9.17) is 14.6 Å². The molecule has 44 heavy (non-hydrogen) atoms. The van der Waals surface area contributed by atoms with Crippen molar-refractivity contribution in [1.29, 1.82) is 0 Å². The molecule has 0 aliphatic carbocycles. The van der Waals surface area contributed by atoms with Crippen LogP contribution in [0.1, 0.15) is 11.1 Å². The standard InChI is InChI=1S/C21H23F2N3O4S.C5H7F2N3O2S/c1-29-18-7-3-16(4-8-18)13-26(14-17-5-9-19(30-2)10-6-17)31(27,28)21-11-12-25(24-21)15-20(22)23;6-4(7)3-10-2-1-5(9-10)13(8,11)12/h3-12,20H,13-15H2,1-2H3;1-2,4H,3H2,(H2,8,11,12). The monoisotopic (exact) mass is 662 g/mol. The lowest BCUT2D eigenvalue weighted by Gasteiger charge is -2.21. The maximum absolute atomic E-state index is 13.3. The number of nitrogens with two attached hydrogens (primary N) is 1. The number of primary sulfonamides is 1. The molecule has 0 amide bonds. The van der Waals surface area contributed by atoms with Crippen molar-refractivity contribution in [2.75, 3.05) is 14.2 Å². The number of benzene rings is 2. The van der Waals surface area contributed by atoms with Crippen LogP contribution in [0, 0.1) is 0 Å². The Morgan fingerprint density at radius 2 is 1.09 bits per heavy atom. The third-order valence-electron chi connectivity index (χ3n) is 5.81. The number of ether oxygens (including phenoxy) is 2. The molecule has 0 unspecified atom stereocenters. The van der Waals surface area contributed by atoms with Gasteiger partial charge in [-0.05, 0) is 47.5 Å². The minimum atomic E-state index is -4.05. The van der Waals surface area contributed by atoms with Gasteiger partial charge in [0.05, 0.1) is 14.2 Å². The van der Waals surface area contributed by atoms with Gasteiger partial charge in [0.2, 0.25) is 0 Å². The van der Waals surface area contributed by atoms with Gasteiger partial charge in [-0.25, -0.2) is 39.5 Å². The summed E-state index contributed by atoms with van der Waals surface area (Å²) in [6, 6.07) is 16.3. The number of sulfonamides is 2. The average Bonchev–Trinajstić information content (AvgIpc) is 3.63. The zero-order valence-electron chi connectivity index (χ0n) is 23.5. The summed E-state index contributed by atoms with van der Waals surface area (Å²) in [6.07, 6.45) is -2.84. The first-order chi connectivity index (χ1) is 20.7. The molecule has 2 N–H and O–H groups in total. The van der Waals surface area contributed by atoms with Gasteiger partial charge < -0.3 is 9.47 Å². The van der Waals surface area contributed by atoms with Crippen LogP contribution in [0.15, 0.2) is 83.1 Å². The van der Waals surface area contributed by atoms with Crippen LogP contribution >= 0.6 is 0 Å². The first-order valence-corrected chi connectivity index (χ1v) is 15.6. The molecular weight excluding hydrogens is 632 g/mol. The van der Waals surface area contributed by atoms with Gasteiger partial charge in [0.15, 0.2) is 10.1 Å². The molecule has 2 aromatic carbocycles. The largest absolute Gasteiger partial charge is 0.497 e. The third kappa shape index (κ3) is 10.0. The molecule has 4 aromatic rings. The maximum atomic E-state index is 13.3. The van der Waals surface area contributed by atoms with Gasteiger partial charge >= 0.3 is 0 Å². The van der Waals surface area contributed by atoms with E-state index in [1.807, 2.05) is 0 Å². The number of rotatable bonds is 13. The Morgan fingerprint density at radius 1 is 0.705 bits per heavy atom. The molecule has 0 aliphatic heterocycles. The zero-order chi connectivity index (χ0) is 32.5. The summed E-state index contributed by atoms with van der Waals surface area (Å²) in [5.41, 5.74) is 1.48. The number of hydrogen-bond donors (Lipinski definition) is 1. The highest BCUT2D eigenvalue weighted by atomic mass is 32.2. The molecule has 0 bridgehead atoms. The highest BCUT2D eigenvalue weighted by Crippen LogP contribution is 2.23. The molecule has 18 heteroatoms. The molecule has 240 valence electrons. The Morgan fingerprint density at radius 3 is 1.43 bits per heavy atom. The fraction of sp³-hybridized carbons (Fsp3) is 0.308. The Hall–Kier alpha value is -4.00. The Labute approximate surface area is 251 Å². The minimum absolute atomic E-state index is 0.0695. The predicted octanol–water partition coefficient (Wildman–Crippen LogP) is 3.35. The van der Waals surface area contributed by atoms with Crippen molar-refractivity contribution < 1.29 is 43.9 Å². The summed E-state index contributed by atoms with van der Waals surface area (Å²) in [5, 5.41) is 11.2. The van der Waals surface area contributed by atoms with Crippen molar-refractivity contribution in [3.05, 3.63) is 84.2 Å². The highest BCUT2D eigenvalue weighted by Gasteiger charge is 2.28. The van der Waals surface area contributed by atoms with E-state index in [1.54, 1.807) is 62.8 Å². The van der Waals surface area contributed by atoms with Crippen LogP contribution in [0.5, 0.6) is 11.5 Å². The number of methoxy groups -OCH3 is 2. The van der Waals surface area contributed by atoms with E-state index in [1.165, 1.54) is 16.6 Å². The second kappa shape index (κ2) is 15.1. The predicted molar refractivity (Wildman–Crippen MR) is 150 cm³/mol. The summed E-state index contributed by atoms with van der Waals surface area (Å²) >= 11 is 0. The van der Waals surface area contributed by atoms with Crippen molar-refractivity contribution in [3.8, 4) is 11.5 Å². The second-order valence-electron chi connectivity index (χ2n) is 9.05. The van der Waals surface area contributed by atoms with Crippen LogP contribution in [0.4, 0.5) is 17.6 Å². The van der Waals surface area contributed by atoms with Gasteiger partial charge in [-0.15, -0.1) is 0 Å². The van der Waals surface area contributed by atoms with E-state index in [9.17, 15) is 34.4 Å². The molecule has 0 fully saturated rings. The summed E-state index contributed by atoms with van der Waals surface area (Å²) in [6.45, 7) is -1.18. The average molecular weight is 663 g/mol. The first-order valence-electron chi connectivity index (χ1n) is 12.6. The van der Waals surface area contributed by atoms with Crippen LogP contribution in [0.2, 0.25) is 0 Å². The molecule has 2 aromatic heterocycles. The fourth-order valence-corrected chi connectivity index (χ4v) is 5.50. The number of halogens is 4. The molecule has 0 radical (unpaired) electrons. The van der Waals surface area contributed by atoms with Crippen molar-refractivity contribution >= 4 is 20.0 Å². The zero-order valence-corrected chi connectivity index (χ0v) is 25.1. The molecule has 0 spiro atoms. The second-order valence-corrected chi connectivity index (χ2v) is 12.4. The van der Waals surface area contributed by atoms with Crippen LogP contribution < -0.4 is 14.6 Å². The Balaban J connectivity index is 0.000000340. The van der Waals surface area contributed by atoms with Crippen LogP contribution in [-0.2, 0) is 46.2 Å². The van der Waals surface area contributed by atoms with Crippen molar-refractivity contribution in [2.24, 2.45) is 5.14 Å². The number of aromatic nitrogens is 4. The van der Waals surface area contributed by atoms with Gasteiger partial charge in [0.25, 0.3) is 32.9 Å². The van der Waals surface area contributed by atoms with Gasteiger partial charge in [-0.1, -0.05) is 24.3 Å². The Kier molecular flexibility index (Phi) is 11.9. The van der Waals surface area contributed by atoms with Gasteiger partial charge in [0.1, 0.15) is 24.6 Å². The molecule has 0 atom stereocenters. The van der Waals surface area contributed by atoms with E-state index in [2.05, 4.69) is 10.2 Å². The summed E-state index contributed by atoms with van der Waals surface area (Å²) < 4.78 is 110. The van der Waals surface area contributed by atoms with Gasteiger partial charge in [-0.2, -0.15) is 14.5 Å². The van der Waals surface area contributed by atoms with Crippen LogP contribution in [0.3, 0.4) is 0 Å². The molecule has 2 heterocycles. The number of nitrogens with zero attached hydrogens (tertiary/aromatic N) is 5. The van der Waals surface area contributed by atoms with E-state index < -0.39 is 51.0 Å². The van der Waals surface area contributed by atoms with Crippen LogP contribution in [-0.4, -0.2) is 67.8 Å². The SMILES string of the molecule is COc1ccc(CN(Cc2ccc(OC)cc2)S(=O)(=O)c2ccn(CC(F)F)n2)cc1.NS(=O)(=O)c1ccn(CC(F)F)n1. The Bertz CT molecular complexity index is 1650. The summed E-state index contributed by atoms with van der Waals surface area (Å²) in [4.78, 5) is 0. The van der Waals surface area contributed by atoms with E-state index >= 15 is 0 Å². The lowest BCUT2D eigenvalue weighted by atomic mass is 10.2. The normalized spacial score (nSPS) is 12.0. The number of alkyl halides is 4. The molecule has 4 rings (SSSR count). The maximum Gasteiger partial charge on any atom is 0.262 e. The lowest BCUT2D eigenvalue weighted by molar-refractivity contribution is 0.120. The number of hydrogen-bond acceptors (Lipinski definition) is 8. The van der Waals surface area contributed by atoms with Gasteiger partial charge in [-0.3, -0.25) is 9.36 Å². The molecular formula is C26H30F4N6O6S2. The van der Waals surface area contributed by atoms with Crippen molar-refractivity contribution in [2.45, 2.75) is 49.1 Å². The molecule has 12 nitrogen and oxygen atoms in total. The third-order valence-corrected chi connectivity index (χ3v) is 8.30. The first kappa shape index (κ1) is 34.5. The fourth-order valence-electron chi connectivity index (χ4n) is 3.69. The van der Waals surface area contributed by atoms with Crippen molar-refractivity contribution in [1.82, 2.24) is 23.9 Å². The lowest BCUT2D eigenvalue weighted by Crippen LogP contribution is -2.30. The topological polar surface area (TPSA) is 152 Å². The van der Waals surface area contributed by atoms with E-state index in [-0.39, 0.29) is 18.1 Å². The van der Waals surface area contributed by atoms with E-state index in [0.29, 0.717) is 11.5 Å². The van der Waals surface area contributed by atoms with Gasteiger partial charge in [0, 0.05) is 25.5 Å². The molecule has 0 aliphatic rings. The van der Waals surface area contributed by atoms with E-state index in [0.717, 1.165) is 32.8 Å². The summed E-state index contributed by atoms with van der Waals surface area (Å²) in [5.74, 6) is 1.30. The smallest absolute Gasteiger partial charge is 0.262 e. The van der Waals surface area contributed by atoms with Crippen LogP contribution in [0.25, 0.3) is 0 Å².